The summed E-state index contributed by atoms with van der Waals surface area (Å²) in [5, 5.41) is 0. The lowest BCUT2D eigenvalue weighted by Crippen LogP contribution is -2.16. The van der Waals surface area contributed by atoms with Gasteiger partial charge in [0, 0.05) is 22.6 Å². The Bertz CT molecular complexity index is 958. The summed E-state index contributed by atoms with van der Waals surface area (Å²) in [4.78, 5) is 24.8. The minimum atomic E-state index is -0.360. The Morgan fingerprint density at radius 2 is 1.57 bits per heavy atom. The number of carbonyl (C=O) groups excluding carboxylic acids is 2. The third-order valence-corrected chi connectivity index (χ3v) is 4.95. The molecule has 0 unspecified atom stereocenters. The van der Waals surface area contributed by atoms with E-state index in [1.165, 1.54) is 0 Å². The molecule has 0 bridgehead atoms. The summed E-state index contributed by atoms with van der Waals surface area (Å²) in [6, 6.07) is 21.6. The van der Waals surface area contributed by atoms with Crippen LogP contribution in [0.25, 0.3) is 5.69 Å². The van der Waals surface area contributed by atoms with Gasteiger partial charge in [-0.15, -0.1) is 0 Å². The number of ether oxygens (including phenoxy) is 1. The molecule has 1 heterocycles. The molecule has 1 atom stereocenters. The number of aromatic nitrogens is 1. The van der Waals surface area contributed by atoms with Crippen molar-refractivity contribution in [2.75, 3.05) is 6.61 Å². The molecule has 3 rings (SSSR count). The van der Waals surface area contributed by atoms with Crippen LogP contribution in [0.15, 0.2) is 66.7 Å². The van der Waals surface area contributed by atoms with Crippen molar-refractivity contribution in [1.29, 1.82) is 0 Å². The SMILES string of the molecule is Cc1cc(C(=O)COC(=O)C[C@H](C)c2ccccc2)c(C)n1-c1ccccc1. The zero-order valence-electron chi connectivity index (χ0n) is 16.5. The third-order valence-electron chi connectivity index (χ3n) is 4.95. The molecule has 0 radical (unpaired) electrons. The number of carbonyl (C=O) groups is 2. The minimum Gasteiger partial charge on any atom is -0.457 e. The van der Waals surface area contributed by atoms with E-state index in [1.807, 2.05) is 92.1 Å². The average molecular weight is 375 g/mol. The van der Waals surface area contributed by atoms with E-state index in [1.54, 1.807) is 0 Å². The summed E-state index contributed by atoms with van der Waals surface area (Å²) >= 11 is 0. The first-order valence-corrected chi connectivity index (χ1v) is 9.45. The number of Topliss-reactive ketones (excluding diaryl/α,β-unsaturated/α-hetero) is 1. The minimum absolute atomic E-state index is 0.0481. The molecule has 0 fully saturated rings. The maximum Gasteiger partial charge on any atom is 0.306 e. The average Bonchev–Trinajstić information content (AvgIpc) is 3.01. The molecule has 0 aliphatic rings. The number of ketones is 1. The molecule has 1 aromatic heterocycles. The summed E-state index contributed by atoms with van der Waals surface area (Å²) in [6.45, 7) is 5.61. The molecule has 4 nitrogen and oxygen atoms in total. The number of esters is 1. The Hall–Kier alpha value is -3.14. The van der Waals surface area contributed by atoms with Gasteiger partial charge < -0.3 is 9.30 Å². The van der Waals surface area contributed by atoms with Crippen molar-refractivity contribution in [2.24, 2.45) is 0 Å². The normalized spacial score (nSPS) is 11.8. The lowest BCUT2D eigenvalue weighted by Gasteiger charge is -2.11. The van der Waals surface area contributed by atoms with Crippen molar-refractivity contribution in [3.63, 3.8) is 0 Å². The number of para-hydroxylation sites is 1. The van der Waals surface area contributed by atoms with Gasteiger partial charge in [0.25, 0.3) is 0 Å². The van der Waals surface area contributed by atoms with Gasteiger partial charge in [0.2, 0.25) is 5.78 Å². The maximum absolute atomic E-state index is 12.6. The fraction of sp³-hybridized carbons (Fsp3) is 0.250. The Balaban J connectivity index is 1.63. The predicted octanol–water partition coefficient (Wildman–Crippen LogP) is 5.01. The molecule has 0 spiro atoms. The van der Waals surface area contributed by atoms with Crippen LogP contribution in [0, 0.1) is 13.8 Å². The number of aryl methyl sites for hydroxylation is 1. The quantitative estimate of drug-likeness (QED) is 0.431. The molecule has 0 N–H and O–H groups in total. The van der Waals surface area contributed by atoms with Crippen molar-refractivity contribution in [2.45, 2.75) is 33.1 Å². The van der Waals surface area contributed by atoms with Gasteiger partial charge in [-0.2, -0.15) is 0 Å². The molecule has 0 saturated carbocycles. The summed E-state index contributed by atoms with van der Waals surface area (Å²) in [5.41, 5.74) is 4.49. The van der Waals surface area contributed by atoms with Gasteiger partial charge >= 0.3 is 5.97 Å². The molecule has 0 aliphatic heterocycles. The second-order valence-electron chi connectivity index (χ2n) is 7.06. The summed E-state index contributed by atoms with van der Waals surface area (Å²) in [6.07, 6.45) is 0.250. The van der Waals surface area contributed by atoms with Crippen LogP contribution in [0.1, 0.15) is 46.6 Å². The molecule has 2 aromatic carbocycles. The molecular formula is C24H25NO3. The van der Waals surface area contributed by atoms with Crippen LogP contribution in [0.5, 0.6) is 0 Å². The Kier molecular flexibility index (Phi) is 6.09. The molecule has 4 heteroatoms. The second kappa shape index (κ2) is 8.70. The van der Waals surface area contributed by atoms with Gasteiger partial charge in [0.05, 0.1) is 6.42 Å². The first-order valence-electron chi connectivity index (χ1n) is 9.45. The first kappa shape index (κ1) is 19.6. The zero-order valence-corrected chi connectivity index (χ0v) is 16.5. The van der Waals surface area contributed by atoms with Gasteiger partial charge in [0.1, 0.15) is 0 Å². The Morgan fingerprint density at radius 1 is 0.964 bits per heavy atom. The summed E-state index contributed by atoms with van der Waals surface area (Å²) in [7, 11) is 0. The molecule has 0 saturated heterocycles. The lowest BCUT2D eigenvalue weighted by molar-refractivity contribution is -0.142. The standard InChI is InChI=1S/C24H25NO3/c1-17(20-10-6-4-7-11-20)14-24(27)28-16-23(26)22-15-18(2)25(19(22)3)21-12-8-5-9-13-21/h4-13,15,17H,14,16H2,1-3H3/t17-/m0/s1. The van der Waals surface area contributed by atoms with E-state index >= 15 is 0 Å². The highest BCUT2D eigenvalue weighted by molar-refractivity contribution is 5.99. The molecule has 3 aromatic rings. The lowest BCUT2D eigenvalue weighted by atomic mass is 9.98. The predicted molar refractivity (Wildman–Crippen MR) is 110 cm³/mol. The van der Waals surface area contributed by atoms with E-state index in [-0.39, 0.29) is 30.7 Å². The largest absolute Gasteiger partial charge is 0.457 e. The number of hydrogen-bond acceptors (Lipinski definition) is 3. The molecular weight excluding hydrogens is 350 g/mol. The van der Waals surface area contributed by atoms with Crippen LogP contribution in [0.4, 0.5) is 0 Å². The summed E-state index contributed by atoms with van der Waals surface area (Å²) < 4.78 is 7.30. The van der Waals surface area contributed by atoms with E-state index in [2.05, 4.69) is 0 Å². The van der Waals surface area contributed by atoms with Gasteiger partial charge in [-0.05, 0) is 43.5 Å². The maximum atomic E-state index is 12.6. The number of hydrogen-bond donors (Lipinski definition) is 0. The van der Waals surface area contributed by atoms with E-state index < -0.39 is 0 Å². The zero-order chi connectivity index (χ0) is 20.1. The second-order valence-corrected chi connectivity index (χ2v) is 7.06. The topological polar surface area (TPSA) is 48.3 Å². The van der Waals surface area contributed by atoms with Crippen LogP contribution in [-0.4, -0.2) is 22.9 Å². The van der Waals surface area contributed by atoms with E-state index in [0.29, 0.717) is 5.56 Å². The van der Waals surface area contributed by atoms with Gasteiger partial charge in [-0.25, -0.2) is 0 Å². The Morgan fingerprint density at radius 3 is 2.21 bits per heavy atom. The van der Waals surface area contributed by atoms with Crippen LogP contribution in [-0.2, 0) is 9.53 Å². The third kappa shape index (κ3) is 4.39. The highest BCUT2D eigenvalue weighted by Crippen LogP contribution is 2.22. The van der Waals surface area contributed by atoms with Crippen LogP contribution in [0.3, 0.4) is 0 Å². The fourth-order valence-corrected chi connectivity index (χ4v) is 3.45. The monoisotopic (exact) mass is 375 g/mol. The van der Waals surface area contributed by atoms with Crippen LogP contribution in [0.2, 0.25) is 0 Å². The summed E-state index contributed by atoms with van der Waals surface area (Å²) in [5.74, 6) is -0.496. The highest BCUT2D eigenvalue weighted by atomic mass is 16.5. The van der Waals surface area contributed by atoms with Gasteiger partial charge in [-0.1, -0.05) is 55.5 Å². The first-order chi connectivity index (χ1) is 13.5. The molecule has 0 amide bonds. The van der Waals surface area contributed by atoms with E-state index in [9.17, 15) is 9.59 Å². The molecule has 144 valence electrons. The number of benzene rings is 2. The van der Waals surface area contributed by atoms with Crippen molar-refractivity contribution in [3.05, 3.63) is 89.2 Å². The van der Waals surface area contributed by atoms with Crippen molar-refractivity contribution >= 4 is 11.8 Å². The number of nitrogens with zero attached hydrogens (tertiary/aromatic N) is 1. The van der Waals surface area contributed by atoms with Crippen molar-refractivity contribution < 1.29 is 14.3 Å². The highest BCUT2D eigenvalue weighted by Gasteiger charge is 2.19. The van der Waals surface area contributed by atoms with Gasteiger partial charge in [0.15, 0.2) is 6.61 Å². The smallest absolute Gasteiger partial charge is 0.306 e. The van der Waals surface area contributed by atoms with E-state index in [0.717, 1.165) is 22.6 Å². The fourth-order valence-electron chi connectivity index (χ4n) is 3.45. The van der Waals surface area contributed by atoms with Crippen LogP contribution < -0.4 is 0 Å². The Labute approximate surface area is 165 Å². The van der Waals surface area contributed by atoms with Crippen molar-refractivity contribution in [1.82, 2.24) is 4.57 Å². The van der Waals surface area contributed by atoms with E-state index in [4.69, 9.17) is 4.74 Å². The van der Waals surface area contributed by atoms with Gasteiger partial charge in [-0.3, -0.25) is 9.59 Å². The van der Waals surface area contributed by atoms with Crippen LogP contribution >= 0.6 is 0 Å². The van der Waals surface area contributed by atoms with Crippen molar-refractivity contribution in [3.8, 4) is 5.69 Å². The number of rotatable bonds is 7. The molecule has 0 aliphatic carbocycles. The molecule has 28 heavy (non-hydrogen) atoms.